The van der Waals surface area contributed by atoms with E-state index < -0.39 is 11.8 Å². The van der Waals surface area contributed by atoms with Gasteiger partial charge in [-0.2, -0.15) is 0 Å². The number of nitrogens with one attached hydrogen (secondary N) is 1. The summed E-state index contributed by atoms with van der Waals surface area (Å²) >= 11 is 5.26. The van der Waals surface area contributed by atoms with E-state index in [1.54, 1.807) is 44.6 Å². The lowest BCUT2D eigenvalue weighted by molar-refractivity contribution is -0.122. The molecule has 0 saturated carbocycles. The number of anilines is 2. The summed E-state index contributed by atoms with van der Waals surface area (Å²) in [5, 5.41) is 2.64. The second-order valence-electron chi connectivity index (χ2n) is 7.63. The number of piperidine rings is 1. The molecule has 0 aromatic heterocycles. The third-order valence-electron chi connectivity index (χ3n) is 5.67. The number of carbonyl (C=O) groups is 2. The van der Waals surface area contributed by atoms with Gasteiger partial charge in [-0.1, -0.05) is 0 Å². The Morgan fingerprint density at radius 2 is 1.62 bits per heavy atom. The van der Waals surface area contributed by atoms with Gasteiger partial charge in [-0.15, -0.1) is 0 Å². The van der Waals surface area contributed by atoms with E-state index in [-0.39, 0.29) is 10.7 Å². The van der Waals surface area contributed by atoms with E-state index in [1.807, 2.05) is 18.2 Å². The van der Waals surface area contributed by atoms with Crippen LogP contribution in [-0.2, 0) is 9.59 Å². The van der Waals surface area contributed by atoms with E-state index >= 15 is 0 Å². The number of ether oxygens (including phenoxy) is 2. The molecule has 1 N–H and O–H groups in total. The summed E-state index contributed by atoms with van der Waals surface area (Å²) in [6.07, 6.45) is 5.14. The highest BCUT2D eigenvalue weighted by Crippen LogP contribution is 2.31. The summed E-state index contributed by atoms with van der Waals surface area (Å²) in [5.41, 5.74) is 2.25. The summed E-state index contributed by atoms with van der Waals surface area (Å²) in [7, 11) is 3.15. The lowest BCUT2D eigenvalue weighted by Gasteiger charge is -2.30. The van der Waals surface area contributed by atoms with Crippen LogP contribution in [-0.4, -0.2) is 44.2 Å². The summed E-state index contributed by atoms with van der Waals surface area (Å²) in [6.45, 7) is 2.03. The molecule has 2 aromatic carbocycles. The Labute approximate surface area is 192 Å². The van der Waals surface area contributed by atoms with Crippen LogP contribution < -0.4 is 24.6 Å². The molecule has 0 radical (unpaired) electrons. The van der Waals surface area contributed by atoms with E-state index in [4.69, 9.17) is 21.7 Å². The largest absolute Gasteiger partial charge is 0.497 e. The van der Waals surface area contributed by atoms with Crippen molar-refractivity contribution in [3.05, 3.63) is 53.6 Å². The SMILES string of the molecule is COc1ccc(N2C(=O)/C(=C/c3ccc(N4CCCCC4)cc3OC)C(=O)NC2=S)cc1. The van der Waals surface area contributed by atoms with Crippen molar-refractivity contribution in [1.29, 1.82) is 0 Å². The van der Waals surface area contributed by atoms with Gasteiger partial charge in [-0.05, 0) is 74.0 Å². The van der Waals surface area contributed by atoms with Crippen LogP contribution in [0.3, 0.4) is 0 Å². The minimum Gasteiger partial charge on any atom is -0.497 e. The monoisotopic (exact) mass is 451 g/mol. The van der Waals surface area contributed by atoms with E-state index in [9.17, 15) is 9.59 Å². The predicted octanol–water partition coefficient (Wildman–Crippen LogP) is 3.53. The zero-order chi connectivity index (χ0) is 22.7. The smallest absolute Gasteiger partial charge is 0.270 e. The van der Waals surface area contributed by atoms with Gasteiger partial charge in [-0.3, -0.25) is 19.8 Å². The second-order valence-corrected chi connectivity index (χ2v) is 8.02. The number of hydrogen-bond acceptors (Lipinski definition) is 6. The first kappa shape index (κ1) is 21.8. The summed E-state index contributed by atoms with van der Waals surface area (Å²) in [5.74, 6) is 0.228. The number of hydrogen-bond donors (Lipinski definition) is 1. The van der Waals surface area contributed by atoms with Crippen molar-refractivity contribution in [2.45, 2.75) is 19.3 Å². The van der Waals surface area contributed by atoms with Crippen LogP contribution in [0.1, 0.15) is 24.8 Å². The number of carbonyl (C=O) groups excluding carboxylic acids is 2. The van der Waals surface area contributed by atoms with Crippen molar-refractivity contribution in [2.75, 3.05) is 37.1 Å². The van der Waals surface area contributed by atoms with Crippen molar-refractivity contribution in [2.24, 2.45) is 0 Å². The number of amides is 2. The van der Waals surface area contributed by atoms with Crippen molar-refractivity contribution in [3.8, 4) is 11.5 Å². The van der Waals surface area contributed by atoms with Gasteiger partial charge in [0, 0.05) is 30.4 Å². The number of benzene rings is 2. The number of rotatable bonds is 5. The maximum Gasteiger partial charge on any atom is 0.270 e. The first-order valence-electron chi connectivity index (χ1n) is 10.5. The van der Waals surface area contributed by atoms with Crippen LogP contribution in [0.15, 0.2) is 48.0 Å². The van der Waals surface area contributed by atoms with Gasteiger partial charge in [0.15, 0.2) is 5.11 Å². The molecule has 7 nitrogen and oxygen atoms in total. The molecule has 32 heavy (non-hydrogen) atoms. The zero-order valence-corrected chi connectivity index (χ0v) is 18.9. The van der Waals surface area contributed by atoms with Crippen LogP contribution in [0.2, 0.25) is 0 Å². The summed E-state index contributed by atoms with van der Waals surface area (Å²) < 4.78 is 10.8. The molecule has 2 amide bonds. The normalized spacial score (nSPS) is 18.1. The third kappa shape index (κ3) is 4.31. The standard InChI is InChI=1S/C24H25N3O4S/c1-30-19-10-8-17(9-11-19)27-23(29)20(22(28)25-24(27)32)14-16-6-7-18(15-21(16)31-2)26-12-4-3-5-13-26/h6-11,14-15H,3-5,12-13H2,1-2H3,(H,25,28,32)/b20-14+. The molecular formula is C24H25N3O4S. The van der Waals surface area contributed by atoms with Gasteiger partial charge in [0.05, 0.1) is 19.9 Å². The maximum atomic E-state index is 13.2. The highest BCUT2D eigenvalue weighted by Gasteiger charge is 2.34. The van der Waals surface area contributed by atoms with E-state index in [1.165, 1.54) is 24.2 Å². The lowest BCUT2D eigenvalue weighted by Crippen LogP contribution is -2.54. The molecule has 8 heteroatoms. The Morgan fingerprint density at radius 3 is 2.28 bits per heavy atom. The summed E-state index contributed by atoms with van der Waals surface area (Å²) in [4.78, 5) is 29.5. The number of thiocarbonyl (C=S) groups is 1. The Hall–Kier alpha value is -3.39. The highest BCUT2D eigenvalue weighted by atomic mass is 32.1. The molecular weight excluding hydrogens is 426 g/mol. The molecule has 2 saturated heterocycles. The minimum absolute atomic E-state index is 0.0153. The van der Waals surface area contributed by atoms with Crippen molar-refractivity contribution in [1.82, 2.24) is 5.32 Å². The fourth-order valence-electron chi connectivity index (χ4n) is 3.95. The van der Waals surface area contributed by atoms with Crippen molar-refractivity contribution >= 4 is 46.6 Å². The number of methoxy groups -OCH3 is 2. The van der Waals surface area contributed by atoms with Gasteiger partial charge in [0.25, 0.3) is 11.8 Å². The Kier molecular flexibility index (Phi) is 6.41. The summed E-state index contributed by atoms with van der Waals surface area (Å²) in [6, 6.07) is 12.7. The molecule has 166 valence electrons. The Bertz CT molecular complexity index is 1080. The molecule has 4 rings (SSSR count). The molecule has 2 aliphatic rings. The lowest BCUT2D eigenvalue weighted by atomic mass is 10.0. The van der Waals surface area contributed by atoms with Crippen LogP contribution in [0.4, 0.5) is 11.4 Å². The van der Waals surface area contributed by atoms with Crippen molar-refractivity contribution < 1.29 is 19.1 Å². The quantitative estimate of drug-likeness (QED) is 0.426. The first-order valence-corrected chi connectivity index (χ1v) is 10.9. The van der Waals surface area contributed by atoms with Crippen LogP contribution in [0.5, 0.6) is 11.5 Å². The second kappa shape index (κ2) is 9.40. The molecule has 2 fully saturated rings. The highest BCUT2D eigenvalue weighted by molar-refractivity contribution is 7.80. The average Bonchev–Trinajstić information content (AvgIpc) is 2.82. The van der Waals surface area contributed by atoms with Crippen LogP contribution >= 0.6 is 12.2 Å². The van der Waals surface area contributed by atoms with Gasteiger partial charge >= 0.3 is 0 Å². The van der Waals surface area contributed by atoms with Crippen LogP contribution in [0.25, 0.3) is 6.08 Å². The first-order chi connectivity index (χ1) is 15.5. The molecule has 2 heterocycles. The Morgan fingerprint density at radius 1 is 0.938 bits per heavy atom. The van der Waals surface area contributed by atoms with Crippen LogP contribution in [0, 0.1) is 0 Å². The third-order valence-corrected chi connectivity index (χ3v) is 5.96. The molecule has 2 aromatic rings. The number of nitrogens with zero attached hydrogens (tertiary/aromatic N) is 2. The van der Waals surface area contributed by atoms with Gasteiger partial charge in [0.2, 0.25) is 0 Å². The van der Waals surface area contributed by atoms with Gasteiger partial charge in [-0.25, -0.2) is 0 Å². The average molecular weight is 452 g/mol. The topological polar surface area (TPSA) is 71.1 Å². The molecule has 2 aliphatic heterocycles. The van der Waals surface area contributed by atoms with Gasteiger partial charge < -0.3 is 14.4 Å². The molecule has 0 bridgehead atoms. The Balaban J connectivity index is 1.66. The molecule has 0 atom stereocenters. The predicted molar refractivity (Wildman–Crippen MR) is 128 cm³/mol. The van der Waals surface area contributed by atoms with E-state index in [0.29, 0.717) is 22.7 Å². The van der Waals surface area contributed by atoms with Gasteiger partial charge in [0.1, 0.15) is 17.1 Å². The molecule has 0 unspecified atom stereocenters. The minimum atomic E-state index is -0.535. The van der Waals surface area contributed by atoms with E-state index in [2.05, 4.69) is 10.2 Å². The fraction of sp³-hybridized carbons (Fsp3) is 0.292. The van der Waals surface area contributed by atoms with E-state index in [0.717, 1.165) is 18.8 Å². The fourth-order valence-corrected chi connectivity index (χ4v) is 4.23. The molecule has 0 aliphatic carbocycles. The van der Waals surface area contributed by atoms with Crippen molar-refractivity contribution in [3.63, 3.8) is 0 Å². The zero-order valence-electron chi connectivity index (χ0n) is 18.1. The maximum absolute atomic E-state index is 13.2. The molecule has 0 spiro atoms.